The summed E-state index contributed by atoms with van der Waals surface area (Å²) in [5, 5.41) is 2.69. The predicted molar refractivity (Wildman–Crippen MR) is 106 cm³/mol. The van der Waals surface area contributed by atoms with Gasteiger partial charge in [-0.05, 0) is 47.1 Å². The molecule has 3 aromatic rings. The number of carbonyl (C=O) groups is 3. The molecule has 0 saturated carbocycles. The number of ether oxygens (including phenoxy) is 1. The summed E-state index contributed by atoms with van der Waals surface area (Å²) in [6.45, 7) is 1.44. The molecule has 0 saturated heterocycles. The average molecular weight is 442 g/mol. The third kappa shape index (κ3) is 4.75. The normalized spacial score (nSPS) is 11.5. The Hall–Kier alpha value is -3.19. The van der Waals surface area contributed by atoms with Crippen molar-refractivity contribution < 1.29 is 23.5 Å². The summed E-state index contributed by atoms with van der Waals surface area (Å²) < 4.78 is 11.0. The van der Waals surface area contributed by atoms with Crippen molar-refractivity contribution in [2.45, 2.75) is 13.0 Å². The number of nitrogens with one attached hydrogen (secondary N) is 1. The third-order valence-corrected chi connectivity index (χ3v) is 4.30. The maximum atomic E-state index is 12.9. The second kappa shape index (κ2) is 8.67. The molecule has 0 spiro atoms. The molecular formula is C21H16BrNO5. The van der Waals surface area contributed by atoms with Gasteiger partial charge in [0, 0.05) is 16.8 Å². The van der Waals surface area contributed by atoms with E-state index in [0.29, 0.717) is 21.5 Å². The van der Waals surface area contributed by atoms with Gasteiger partial charge in [-0.1, -0.05) is 42.5 Å². The van der Waals surface area contributed by atoms with Crippen LogP contribution >= 0.6 is 15.9 Å². The second-order valence-corrected chi connectivity index (χ2v) is 6.71. The highest BCUT2D eigenvalue weighted by Gasteiger charge is 2.27. The molecule has 1 amide bonds. The first-order valence-corrected chi connectivity index (χ1v) is 9.16. The molecule has 1 aromatic heterocycles. The van der Waals surface area contributed by atoms with Gasteiger partial charge in [0.25, 0.3) is 5.91 Å². The Bertz CT molecular complexity index is 1010. The molecule has 7 heteroatoms. The summed E-state index contributed by atoms with van der Waals surface area (Å²) >= 11 is 3.12. The number of Topliss-reactive ketones (excluding diaryl/α,β-unsaturated/α-hetero) is 1. The van der Waals surface area contributed by atoms with E-state index in [1.807, 2.05) is 0 Å². The lowest BCUT2D eigenvalue weighted by Gasteiger charge is -2.17. The van der Waals surface area contributed by atoms with Gasteiger partial charge < -0.3 is 14.5 Å². The lowest BCUT2D eigenvalue weighted by molar-refractivity contribution is -0.125. The SMILES string of the molecule is CC(=O)c1cccc(NC(=O)C(OC(=O)c2ccc(Br)o2)c2ccccc2)c1. The van der Waals surface area contributed by atoms with Crippen LogP contribution in [0.5, 0.6) is 0 Å². The van der Waals surface area contributed by atoms with Gasteiger partial charge >= 0.3 is 5.97 Å². The molecule has 1 N–H and O–H groups in total. The van der Waals surface area contributed by atoms with Gasteiger partial charge in [0.15, 0.2) is 10.5 Å². The summed E-state index contributed by atoms with van der Waals surface area (Å²) in [5.74, 6) is -1.47. The van der Waals surface area contributed by atoms with Crippen LogP contribution < -0.4 is 5.32 Å². The summed E-state index contributed by atoms with van der Waals surface area (Å²) in [4.78, 5) is 36.8. The number of ketones is 1. The molecule has 6 nitrogen and oxygen atoms in total. The number of esters is 1. The Morgan fingerprint density at radius 3 is 2.39 bits per heavy atom. The molecular weight excluding hydrogens is 426 g/mol. The minimum absolute atomic E-state index is 0.0285. The number of amides is 1. The number of benzene rings is 2. The van der Waals surface area contributed by atoms with Crippen molar-refractivity contribution in [3.63, 3.8) is 0 Å². The maximum Gasteiger partial charge on any atom is 0.375 e. The van der Waals surface area contributed by atoms with Crippen LogP contribution in [0.4, 0.5) is 5.69 Å². The number of hydrogen-bond acceptors (Lipinski definition) is 5. The van der Waals surface area contributed by atoms with Crippen LogP contribution in [-0.4, -0.2) is 17.7 Å². The van der Waals surface area contributed by atoms with Crippen LogP contribution in [0.25, 0.3) is 0 Å². The van der Waals surface area contributed by atoms with E-state index in [1.54, 1.807) is 60.7 Å². The Kier molecular flexibility index (Phi) is 6.06. The summed E-state index contributed by atoms with van der Waals surface area (Å²) in [5.41, 5.74) is 1.39. The zero-order chi connectivity index (χ0) is 20.1. The largest absolute Gasteiger partial charge is 0.442 e. The average Bonchev–Trinajstić information content (AvgIpc) is 3.13. The van der Waals surface area contributed by atoms with Crippen LogP contribution in [0.2, 0.25) is 0 Å². The molecule has 2 aromatic carbocycles. The Morgan fingerprint density at radius 1 is 1.00 bits per heavy atom. The number of anilines is 1. The summed E-state index contributed by atoms with van der Waals surface area (Å²) in [6, 6.07) is 18.2. The van der Waals surface area contributed by atoms with Crippen molar-refractivity contribution in [1.29, 1.82) is 0 Å². The topological polar surface area (TPSA) is 85.6 Å². The molecule has 0 aliphatic rings. The second-order valence-electron chi connectivity index (χ2n) is 5.93. The van der Waals surface area contributed by atoms with E-state index in [4.69, 9.17) is 9.15 Å². The highest BCUT2D eigenvalue weighted by atomic mass is 79.9. The van der Waals surface area contributed by atoms with Gasteiger partial charge in [-0.3, -0.25) is 9.59 Å². The maximum absolute atomic E-state index is 12.9. The molecule has 142 valence electrons. The van der Waals surface area contributed by atoms with Gasteiger partial charge in [-0.25, -0.2) is 4.79 Å². The van der Waals surface area contributed by atoms with Crippen molar-refractivity contribution >= 4 is 39.3 Å². The summed E-state index contributed by atoms with van der Waals surface area (Å²) in [6.07, 6.45) is -1.20. The fourth-order valence-electron chi connectivity index (χ4n) is 2.51. The number of carbonyl (C=O) groups excluding carboxylic acids is 3. The lowest BCUT2D eigenvalue weighted by Crippen LogP contribution is -2.26. The quantitative estimate of drug-likeness (QED) is 0.439. The van der Waals surface area contributed by atoms with E-state index in [9.17, 15) is 14.4 Å². The van der Waals surface area contributed by atoms with Gasteiger partial charge in [0.1, 0.15) is 0 Å². The molecule has 0 aliphatic heterocycles. The molecule has 0 aliphatic carbocycles. The molecule has 0 bridgehead atoms. The van der Waals surface area contributed by atoms with Gasteiger partial charge in [0.05, 0.1) is 0 Å². The molecule has 1 heterocycles. The zero-order valence-corrected chi connectivity index (χ0v) is 16.4. The van der Waals surface area contributed by atoms with Crippen LogP contribution in [-0.2, 0) is 9.53 Å². The number of rotatable bonds is 6. The smallest absolute Gasteiger partial charge is 0.375 e. The number of hydrogen-bond donors (Lipinski definition) is 1. The Morgan fingerprint density at radius 2 is 1.75 bits per heavy atom. The van der Waals surface area contributed by atoms with Crippen molar-refractivity contribution in [1.82, 2.24) is 0 Å². The zero-order valence-electron chi connectivity index (χ0n) is 14.8. The van der Waals surface area contributed by atoms with Gasteiger partial charge in [-0.15, -0.1) is 0 Å². The third-order valence-electron chi connectivity index (χ3n) is 3.88. The molecule has 1 atom stereocenters. The van der Waals surface area contributed by atoms with E-state index in [0.717, 1.165) is 0 Å². The number of halogens is 1. The van der Waals surface area contributed by atoms with Crippen LogP contribution in [0.15, 0.2) is 75.8 Å². The summed E-state index contributed by atoms with van der Waals surface area (Å²) in [7, 11) is 0. The van der Waals surface area contributed by atoms with E-state index >= 15 is 0 Å². The van der Waals surface area contributed by atoms with E-state index in [1.165, 1.54) is 13.0 Å². The van der Waals surface area contributed by atoms with E-state index < -0.39 is 18.0 Å². The van der Waals surface area contributed by atoms with Gasteiger partial charge in [0.2, 0.25) is 11.9 Å². The lowest BCUT2D eigenvalue weighted by atomic mass is 10.1. The minimum Gasteiger partial charge on any atom is -0.442 e. The molecule has 0 fully saturated rings. The van der Waals surface area contributed by atoms with Gasteiger partial charge in [-0.2, -0.15) is 0 Å². The molecule has 3 rings (SSSR count). The van der Waals surface area contributed by atoms with Crippen LogP contribution in [0, 0.1) is 0 Å². The van der Waals surface area contributed by atoms with Crippen LogP contribution in [0.1, 0.15) is 39.5 Å². The Balaban J connectivity index is 1.84. The van der Waals surface area contributed by atoms with Crippen molar-refractivity contribution in [2.24, 2.45) is 0 Å². The Labute approximate surface area is 169 Å². The first-order chi connectivity index (χ1) is 13.4. The van der Waals surface area contributed by atoms with E-state index in [-0.39, 0.29) is 11.5 Å². The van der Waals surface area contributed by atoms with Crippen molar-refractivity contribution in [2.75, 3.05) is 5.32 Å². The highest BCUT2D eigenvalue weighted by Crippen LogP contribution is 2.23. The van der Waals surface area contributed by atoms with E-state index in [2.05, 4.69) is 21.2 Å². The van der Waals surface area contributed by atoms with Crippen LogP contribution in [0.3, 0.4) is 0 Å². The molecule has 28 heavy (non-hydrogen) atoms. The monoisotopic (exact) mass is 441 g/mol. The predicted octanol–water partition coefficient (Wildman–Crippen LogP) is 4.78. The molecule has 0 radical (unpaired) electrons. The minimum atomic E-state index is -1.20. The fourth-order valence-corrected chi connectivity index (χ4v) is 2.82. The van der Waals surface area contributed by atoms with Crippen molar-refractivity contribution in [3.8, 4) is 0 Å². The first kappa shape index (κ1) is 19.6. The molecule has 1 unspecified atom stereocenters. The fraction of sp³-hybridized carbons (Fsp3) is 0.0952. The first-order valence-electron chi connectivity index (χ1n) is 8.37. The highest BCUT2D eigenvalue weighted by molar-refractivity contribution is 9.10. The standard InChI is InChI=1S/C21H16BrNO5/c1-13(24)15-8-5-9-16(12-15)23-20(25)19(14-6-3-2-4-7-14)28-21(26)17-10-11-18(22)27-17/h2-12,19H,1H3,(H,23,25). The van der Waals surface area contributed by atoms with Crippen molar-refractivity contribution in [3.05, 3.63) is 88.3 Å². The number of furan rings is 1.